The van der Waals surface area contributed by atoms with Crippen molar-refractivity contribution in [1.82, 2.24) is 4.98 Å². The fourth-order valence-corrected chi connectivity index (χ4v) is 1.80. The van der Waals surface area contributed by atoms with Gasteiger partial charge in [-0.25, -0.2) is 4.98 Å². The lowest BCUT2D eigenvalue weighted by Gasteiger charge is -2.10. The fraction of sp³-hybridized carbons (Fsp3) is 0.214. The molecule has 1 heterocycles. The van der Waals surface area contributed by atoms with Crippen LogP contribution in [0.5, 0.6) is 17.4 Å². The van der Waals surface area contributed by atoms with Crippen LogP contribution in [0.4, 0.5) is 0 Å². The third-order valence-electron chi connectivity index (χ3n) is 2.32. The summed E-state index contributed by atoms with van der Waals surface area (Å²) >= 11 is 3.38. The van der Waals surface area contributed by atoms with Crippen molar-refractivity contribution in [1.29, 1.82) is 0 Å². The number of alkyl halides is 1. The zero-order valence-electron chi connectivity index (χ0n) is 10.1. The average Bonchev–Trinajstić information content (AvgIpc) is 2.42. The highest BCUT2D eigenvalue weighted by atomic mass is 79.9. The predicted octanol–water partition coefficient (Wildman–Crippen LogP) is 4.17. The standard InChI is InChI=1S/C14H14BrNO2/c1-2-17-12-5-3-4-6-13(12)18-14-8-7-11(9-15)10-16-14/h3-8,10H,2,9H2,1H3. The topological polar surface area (TPSA) is 31.4 Å². The van der Waals surface area contributed by atoms with E-state index in [-0.39, 0.29) is 0 Å². The van der Waals surface area contributed by atoms with Crippen LogP contribution in [0.2, 0.25) is 0 Å². The molecule has 0 atom stereocenters. The van der Waals surface area contributed by atoms with Gasteiger partial charge in [-0.05, 0) is 24.6 Å². The first-order chi connectivity index (χ1) is 8.83. The Hall–Kier alpha value is -1.55. The summed E-state index contributed by atoms with van der Waals surface area (Å²) in [6.07, 6.45) is 1.79. The Morgan fingerprint density at radius 1 is 1.11 bits per heavy atom. The number of nitrogens with zero attached hydrogens (tertiary/aromatic N) is 1. The number of para-hydroxylation sites is 2. The first kappa shape index (κ1) is 12.9. The third-order valence-corrected chi connectivity index (χ3v) is 2.96. The molecule has 0 amide bonds. The summed E-state index contributed by atoms with van der Waals surface area (Å²) in [4.78, 5) is 4.24. The number of aromatic nitrogens is 1. The summed E-state index contributed by atoms with van der Waals surface area (Å²) in [6, 6.07) is 11.4. The molecule has 94 valence electrons. The number of halogens is 1. The molecule has 2 aromatic rings. The minimum Gasteiger partial charge on any atom is -0.490 e. The van der Waals surface area contributed by atoms with Crippen molar-refractivity contribution < 1.29 is 9.47 Å². The monoisotopic (exact) mass is 307 g/mol. The van der Waals surface area contributed by atoms with Crippen molar-refractivity contribution >= 4 is 15.9 Å². The zero-order valence-corrected chi connectivity index (χ0v) is 11.7. The summed E-state index contributed by atoms with van der Waals surface area (Å²) in [5.74, 6) is 1.97. The van der Waals surface area contributed by atoms with Crippen LogP contribution in [0.1, 0.15) is 12.5 Å². The Labute approximate surface area is 115 Å². The molecule has 0 radical (unpaired) electrons. The number of rotatable bonds is 5. The van der Waals surface area contributed by atoms with Crippen molar-refractivity contribution in [3.63, 3.8) is 0 Å². The quantitative estimate of drug-likeness (QED) is 0.777. The van der Waals surface area contributed by atoms with Crippen LogP contribution in [0.15, 0.2) is 42.6 Å². The highest BCUT2D eigenvalue weighted by molar-refractivity contribution is 9.08. The van der Waals surface area contributed by atoms with Gasteiger partial charge >= 0.3 is 0 Å². The van der Waals surface area contributed by atoms with Crippen LogP contribution >= 0.6 is 15.9 Å². The number of pyridine rings is 1. The van der Waals surface area contributed by atoms with Crippen LogP contribution in [0.3, 0.4) is 0 Å². The summed E-state index contributed by atoms with van der Waals surface area (Å²) in [5, 5.41) is 0.788. The maximum Gasteiger partial charge on any atom is 0.219 e. The number of hydrogen-bond acceptors (Lipinski definition) is 3. The lowest BCUT2D eigenvalue weighted by molar-refractivity contribution is 0.319. The molecule has 4 heteroatoms. The molecular weight excluding hydrogens is 294 g/mol. The van der Waals surface area contributed by atoms with E-state index in [9.17, 15) is 0 Å². The van der Waals surface area contributed by atoms with Crippen LogP contribution < -0.4 is 9.47 Å². The Kier molecular flexibility index (Phi) is 4.59. The first-order valence-electron chi connectivity index (χ1n) is 5.74. The van der Waals surface area contributed by atoms with Gasteiger partial charge in [0.2, 0.25) is 5.88 Å². The number of benzene rings is 1. The predicted molar refractivity (Wildman–Crippen MR) is 74.6 cm³/mol. The molecule has 1 aromatic heterocycles. The molecular formula is C14H14BrNO2. The molecule has 0 aliphatic heterocycles. The largest absolute Gasteiger partial charge is 0.490 e. The molecule has 0 N–H and O–H groups in total. The van der Waals surface area contributed by atoms with Gasteiger partial charge in [0.05, 0.1) is 6.61 Å². The van der Waals surface area contributed by atoms with E-state index in [1.807, 2.05) is 43.3 Å². The fourth-order valence-electron chi connectivity index (χ4n) is 1.47. The summed E-state index contributed by atoms with van der Waals surface area (Å²) in [5.41, 5.74) is 1.11. The van der Waals surface area contributed by atoms with E-state index in [4.69, 9.17) is 9.47 Å². The molecule has 2 rings (SSSR count). The smallest absolute Gasteiger partial charge is 0.219 e. The van der Waals surface area contributed by atoms with Crippen molar-refractivity contribution in [2.45, 2.75) is 12.3 Å². The van der Waals surface area contributed by atoms with Gasteiger partial charge < -0.3 is 9.47 Å². The Balaban J connectivity index is 2.17. The normalized spacial score (nSPS) is 10.1. The van der Waals surface area contributed by atoms with E-state index >= 15 is 0 Å². The van der Waals surface area contributed by atoms with Crippen LogP contribution in [0.25, 0.3) is 0 Å². The second-order valence-corrected chi connectivity index (χ2v) is 4.18. The minimum absolute atomic E-state index is 0.562. The molecule has 0 saturated carbocycles. The van der Waals surface area contributed by atoms with Gasteiger partial charge in [0.25, 0.3) is 0 Å². The van der Waals surface area contributed by atoms with Gasteiger partial charge in [-0.2, -0.15) is 0 Å². The molecule has 3 nitrogen and oxygen atoms in total. The maximum atomic E-state index is 5.71. The summed E-state index contributed by atoms with van der Waals surface area (Å²) in [6.45, 7) is 2.55. The van der Waals surface area contributed by atoms with Crippen molar-refractivity contribution in [2.24, 2.45) is 0 Å². The van der Waals surface area contributed by atoms with E-state index in [1.54, 1.807) is 6.20 Å². The molecule has 1 aromatic carbocycles. The molecule has 18 heavy (non-hydrogen) atoms. The van der Waals surface area contributed by atoms with Gasteiger partial charge in [-0.15, -0.1) is 0 Å². The lowest BCUT2D eigenvalue weighted by atomic mass is 10.3. The van der Waals surface area contributed by atoms with Gasteiger partial charge in [-0.3, -0.25) is 0 Å². The van der Waals surface area contributed by atoms with Crippen LogP contribution in [-0.4, -0.2) is 11.6 Å². The Bertz CT molecular complexity index is 499. The molecule has 0 unspecified atom stereocenters. The van der Waals surface area contributed by atoms with E-state index in [2.05, 4.69) is 20.9 Å². The highest BCUT2D eigenvalue weighted by Crippen LogP contribution is 2.30. The Morgan fingerprint density at radius 2 is 1.89 bits per heavy atom. The van der Waals surface area contributed by atoms with Gasteiger partial charge in [0.1, 0.15) is 0 Å². The molecule has 0 bridgehead atoms. The molecule has 0 fully saturated rings. The van der Waals surface area contributed by atoms with Gasteiger partial charge in [0, 0.05) is 17.6 Å². The van der Waals surface area contributed by atoms with Crippen molar-refractivity contribution in [3.05, 3.63) is 48.2 Å². The maximum absolute atomic E-state index is 5.71. The highest BCUT2D eigenvalue weighted by Gasteiger charge is 2.05. The first-order valence-corrected chi connectivity index (χ1v) is 6.86. The van der Waals surface area contributed by atoms with E-state index in [0.717, 1.165) is 16.6 Å². The second kappa shape index (κ2) is 6.40. The molecule has 0 aliphatic rings. The van der Waals surface area contributed by atoms with E-state index in [1.165, 1.54) is 0 Å². The third kappa shape index (κ3) is 3.23. The zero-order chi connectivity index (χ0) is 12.8. The SMILES string of the molecule is CCOc1ccccc1Oc1ccc(CBr)cn1. The molecule has 0 saturated heterocycles. The van der Waals surface area contributed by atoms with E-state index in [0.29, 0.717) is 18.2 Å². The minimum atomic E-state index is 0.562. The number of hydrogen-bond donors (Lipinski definition) is 0. The molecule has 0 spiro atoms. The molecule has 0 aliphatic carbocycles. The van der Waals surface area contributed by atoms with Gasteiger partial charge in [-0.1, -0.05) is 34.1 Å². The van der Waals surface area contributed by atoms with Crippen LogP contribution in [0, 0.1) is 0 Å². The summed E-state index contributed by atoms with van der Waals surface area (Å²) < 4.78 is 11.2. The average molecular weight is 308 g/mol. The number of ether oxygens (including phenoxy) is 2. The Morgan fingerprint density at radius 3 is 2.50 bits per heavy atom. The summed E-state index contributed by atoms with van der Waals surface area (Å²) in [7, 11) is 0. The van der Waals surface area contributed by atoms with Gasteiger partial charge in [0.15, 0.2) is 11.5 Å². The van der Waals surface area contributed by atoms with Crippen LogP contribution in [-0.2, 0) is 5.33 Å². The van der Waals surface area contributed by atoms with Crippen molar-refractivity contribution in [3.8, 4) is 17.4 Å². The second-order valence-electron chi connectivity index (χ2n) is 3.62. The van der Waals surface area contributed by atoms with Crippen molar-refractivity contribution in [2.75, 3.05) is 6.61 Å². The van der Waals surface area contributed by atoms with E-state index < -0.39 is 0 Å². The lowest BCUT2D eigenvalue weighted by Crippen LogP contribution is -1.95.